The van der Waals surface area contributed by atoms with E-state index in [0.717, 1.165) is 25.9 Å². The Morgan fingerprint density at radius 3 is 2.78 bits per heavy atom. The Morgan fingerprint density at radius 2 is 2.11 bits per heavy atom. The quantitative estimate of drug-likeness (QED) is 0.798. The van der Waals surface area contributed by atoms with Crippen molar-refractivity contribution >= 4 is 29.1 Å². The molecule has 0 radical (unpaired) electrons. The number of rotatable bonds is 1. The maximum absolute atomic E-state index is 12.4. The molecule has 1 fully saturated rings. The standard InChI is InChI=1S/C12H15Cl2N3O/c1-12(2)4-3-5-17(7-12)11(18)8-6-9(13)15-16-10(8)14/h6H,3-5,7H2,1-2H3. The van der Waals surface area contributed by atoms with Gasteiger partial charge in [0.25, 0.3) is 5.91 Å². The van der Waals surface area contributed by atoms with Crippen LogP contribution in [0.2, 0.25) is 10.3 Å². The number of aromatic nitrogens is 2. The second kappa shape index (κ2) is 5.02. The molecule has 0 spiro atoms. The third-order valence-electron chi connectivity index (χ3n) is 3.14. The molecule has 6 heteroatoms. The normalized spacial score (nSPS) is 18.8. The molecule has 0 aromatic carbocycles. The molecule has 1 aromatic rings. The molecule has 0 unspecified atom stereocenters. The van der Waals surface area contributed by atoms with Crippen LogP contribution in [-0.2, 0) is 0 Å². The van der Waals surface area contributed by atoms with E-state index in [0.29, 0.717) is 5.56 Å². The van der Waals surface area contributed by atoms with Gasteiger partial charge < -0.3 is 4.90 Å². The van der Waals surface area contributed by atoms with Gasteiger partial charge in [-0.1, -0.05) is 37.0 Å². The van der Waals surface area contributed by atoms with Crippen molar-refractivity contribution in [3.63, 3.8) is 0 Å². The number of likely N-dealkylation sites (tertiary alicyclic amines) is 1. The highest BCUT2D eigenvalue weighted by Gasteiger charge is 2.30. The highest BCUT2D eigenvalue weighted by Crippen LogP contribution is 2.30. The molecule has 98 valence electrons. The van der Waals surface area contributed by atoms with Gasteiger partial charge in [0.05, 0.1) is 5.56 Å². The van der Waals surface area contributed by atoms with Gasteiger partial charge in [0, 0.05) is 13.1 Å². The van der Waals surface area contributed by atoms with E-state index < -0.39 is 0 Å². The molecule has 0 bridgehead atoms. The second-order valence-corrected chi connectivity index (χ2v) is 6.11. The Balaban J connectivity index is 2.23. The maximum Gasteiger partial charge on any atom is 0.257 e. The first-order valence-corrected chi connectivity index (χ1v) is 6.63. The number of piperidine rings is 1. The molecular formula is C12H15Cl2N3O. The molecule has 1 amide bonds. The van der Waals surface area contributed by atoms with Crippen LogP contribution in [0, 0.1) is 5.41 Å². The predicted octanol–water partition coefficient (Wildman–Crippen LogP) is 3.05. The molecule has 1 aliphatic rings. The van der Waals surface area contributed by atoms with E-state index in [1.54, 1.807) is 0 Å². The predicted molar refractivity (Wildman–Crippen MR) is 71.0 cm³/mol. The zero-order chi connectivity index (χ0) is 13.3. The average Bonchev–Trinajstić information content (AvgIpc) is 2.30. The minimum atomic E-state index is -0.121. The fraction of sp³-hybridized carbons (Fsp3) is 0.583. The van der Waals surface area contributed by atoms with Crippen molar-refractivity contribution in [3.8, 4) is 0 Å². The minimum Gasteiger partial charge on any atom is -0.338 e. The molecule has 18 heavy (non-hydrogen) atoms. The second-order valence-electron chi connectivity index (χ2n) is 5.37. The first-order valence-electron chi connectivity index (χ1n) is 5.87. The zero-order valence-corrected chi connectivity index (χ0v) is 11.9. The molecule has 0 saturated carbocycles. The third kappa shape index (κ3) is 2.93. The van der Waals surface area contributed by atoms with Gasteiger partial charge in [0.2, 0.25) is 0 Å². The zero-order valence-electron chi connectivity index (χ0n) is 10.4. The van der Waals surface area contributed by atoms with Crippen molar-refractivity contribution in [3.05, 3.63) is 21.9 Å². The van der Waals surface area contributed by atoms with Crippen LogP contribution in [0.1, 0.15) is 37.0 Å². The van der Waals surface area contributed by atoms with Gasteiger partial charge in [-0.05, 0) is 24.3 Å². The SMILES string of the molecule is CC1(C)CCCN(C(=O)c2cc(Cl)nnc2Cl)C1. The molecule has 1 saturated heterocycles. The number of nitrogens with zero attached hydrogens (tertiary/aromatic N) is 3. The number of amides is 1. The monoisotopic (exact) mass is 287 g/mol. The molecular weight excluding hydrogens is 273 g/mol. The molecule has 2 heterocycles. The third-order valence-corrected chi connectivity index (χ3v) is 3.60. The lowest BCUT2D eigenvalue weighted by atomic mass is 9.84. The van der Waals surface area contributed by atoms with E-state index in [4.69, 9.17) is 23.2 Å². The van der Waals surface area contributed by atoms with Gasteiger partial charge in [-0.2, -0.15) is 0 Å². The van der Waals surface area contributed by atoms with Gasteiger partial charge in [-0.3, -0.25) is 4.79 Å². The summed E-state index contributed by atoms with van der Waals surface area (Å²) in [5.41, 5.74) is 0.472. The summed E-state index contributed by atoms with van der Waals surface area (Å²) in [5.74, 6) is -0.121. The van der Waals surface area contributed by atoms with Gasteiger partial charge in [-0.25, -0.2) is 0 Å². The van der Waals surface area contributed by atoms with E-state index in [2.05, 4.69) is 24.0 Å². The van der Waals surface area contributed by atoms with Gasteiger partial charge in [0.1, 0.15) is 0 Å². The van der Waals surface area contributed by atoms with Gasteiger partial charge in [-0.15, -0.1) is 10.2 Å². The van der Waals surface area contributed by atoms with Crippen molar-refractivity contribution in [1.82, 2.24) is 15.1 Å². The average molecular weight is 288 g/mol. The van der Waals surface area contributed by atoms with Crippen LogP contribution in [0.25, 0.3) is 0 Å². The van der Waals surface area contributed by atoms with Crippen molar-refractivity contribution < 1.29 is 4.79 Å². The van der Waals surface area contributed by atoms with E-state index >= 15 is 0 Å². The van der Waals surface area contributed by atoms with Crippen LogP contribution < -0.4 is 0 Å². The largest absolute Gasteiger partial charge is 0.338 e. The highest BCUT2D eigenvalue weighted by molar-refractivity contribution is 6.34. The summed E-state index contributed by atoms with van der Waals surface area (Å²) >= 11 is 11.7. The maximum atomic E-state index is 12.4. The summed E-state index contributed by atoms with van der Waals surface area (Å²) in [4.78, 5) is 14.2. The highest BCUT2D eigenvalue weighted by atomic mass is 35.5. The van der Waals surface area contributed by atoms with Gasteiger partial charge in [0.15, 0.2) is 10.3 Å². The van der Waals surface area contributed by atoms with Crippen molar-refractivity contribution in [2.24, 2.45) is 5.41 Å². The van der Waals surface area contributed by atoms with Gasteiger partial charge >= 0.3 is 0 Å². The summed E-state index contributed by atoms with van der Waals surface area (Å²) in [6, 6.07) is 1.47. The van der Waals surface area contributed by atoms with Crippen LogP contribution in [0.3, 0.4) is 0 Å². The fourth-order valence-electron chi connectivity index (χ4n) is 2.27. The summed E-state index contributed by atoms with van der Waals surface area (Å²) in [5, 5.41) is 7.56. The van der Waals surface area contributed by atoms with E-state index in [9.17, 15) is 4.79 Å². The Labute approximate surface area is 116 Å². The summed E-state index contributed by atoms with van der Waals surface area (Å²) in [7, 11) is 0. The summed E-state index contributed by atoms with van der Waals surface area (Å²) in [6.45, 7) is 5.79. The molecule has 4 nitrogen and oxygen atoms in total. The molecule has 1 aliphatic heterocycles. The molecule has 0 N–H and O–H groups in total. The Morgan fingerprint density at radius 1 is 1.39 bits per heavy atom. The lowest BCUT2D eigenvalue weighted by molar-refractivity contribution is 0.0583. The number of hydrogen-bond donors (Lipinski definition) is 0. The smallest absolute Gasteiger partial charge is 0.257 e. The number of halogens is 2. The minimum absolute atomic E-state index is 0.104. The molecule has 0 aliphatic carbocycles. The molecule has 0 atom stereocenters. The Hall–Kier alpha value is -0.870. The first kappa shape index (κ1) is 13.6. The van der Waals surface area contributed by atoms with Crippen LogP contribution >= 0.6 is 23.2 Å². The van der Waals surface area contributed by atoms with Crippen LogP contribution in [0.4, 0.5) is 0 Å². The molecule has 1 aromatic heterocycles. The van der Waals surface area contributed by atoms with Crippen LogP contribution in [0.5, 0.6) is 0 Å². The van der Waals surface area contributed by atoms with Crippen molar-refractivity contribution in [1.29, 1.82) is 0 Å². The van der Waals surface area contributed by atoms with Crippen molar-refractivity contribution in [2.75, 3.05) is 13.1 Å². The first-order chi connectivity index (χ1) is 8.39. The summed E-state index contributed by atoms with van der Waals surface area (Å²) < 4.78 is 0. The van der Waals surface area contributed by atoms with E-state index in [1.165, 1.54) is 6.07 Å². The van der Waals surface area contributed by atoms with E-state index in [-0.39, 0.29) is 21.6 Å². The van der Waals surface area contributed by atoms with Crippen molar-refractivity contribution in [2.45, 2.75) is 26.7 Å². The number of hydrogen-bond acceptors (Lipinski definition) is 3. The number of carbonyl (C=O) groups excluding carboxylic acids is 1. The Kier molecular flexibility index (Phi) is 3.78. The summed E-state index contributed by atoms with van der Waals surface area (Å²) in [6.07, 6.45) is 2.13. The number of carbonyl (C=O) groups is 1. The Bertz CT molecular complexity index is 476. The van der Waals surface area contributed by atoms with Crippen LogP contribution in [0.15, 0.2) is 6.07 Å². The van der Waals surface area contributed by atoms with Crippen LogP contribution in [-0.4, -0.2) is 34.1 Å². The molecule has 2 rings (SSSR count). The van der Waals surface area contributed by atoms with E-state index in [1.807, 2.05) is 4.90 Å². The topological polar surface area (TPSA) is 46.1 Å². The fourth-order valence-corrected chi connectivity index (χ4v) is 2.59. The lowest BCUT2D eigenvalue weighted by Crippen LogP contribution is -2.43. The lowest BCUT2D eigenvalue weighted by Gasteiger charge is -2.38.